The van der Waals surface area contributed by atoms with Gasteiger partial charge in [-0.25, -0.2) is 4.79 Å². The highest BCUT2D eigenvalue weighted by molar-refractivity contribution is 5.70. The van der Waals surface area contributed by atoms with E-state index < -0.39 is 37.1 Å². The van der Waals surface area contributed by atoms with Crippen LogP contribution < -0.4 is 10.1 Å². The first-order valence-corrected chi connectivity index (χ1v) is 6.24. The number of carbonyl (C=O) groups excluding carboxylic acids is 1. The van der Waals surface area contributed by atoms with Crippen molar-refractivity contribution in [2.45, 2.75) is 24.4 Å². The molecule has 0 bridgehead atoms. The summed E-state index contributed by atoms with van der Waals surface area (Å²) >= 11 is 0. The molecule has 110 valence electrons. The molecule has 7 heteroatoms. The van der Waals surface area contributed by atoms with Gasteiger partial charge in [0.05, 0.1) is 19.3 Å². The molecule has 7 nitrogen and oxygen atoms in total. The highest BCUT2D eigenvalue weighted by Crippen LogP contribution is 2.16. The maximum absolute atomic E-state index is 11.7. The van der Waals surface area contributed by atoms with E-state index in [1.165, 1.54) is 0 Å². The zero-order valence-electron chi connectivity index (χ0n) is 10.7. The van der Waals surface area contributed by atoms with Gasteiger partial charge in [0.25, 0.3) is 0 Å². The molecule has 0 saturated carbocycles. The number of nitrogens with one attached hydrogen (secondary N) is 1. The zero-order chi connectivity index (χ0) is 14.5. The Morgan fingerprint density at radius 1 is 1.30 bits per heavy atom. The predicted octanol–water partition coefficient (Wildman–Crippen LogP) is -0.743. The molecule has 1 aromatic carbocycles. The van der Waals surface area contributed by atoms with Crippen molar-refractivity contribution in [2.75, 3.05) is 13.2 Å². The van der Waals surface area contributed by atoms with E-state index in [1.807, 2.05) is 0 Å². The number of aliphatic hydroxyl groups is 3. The molecule has 1 fully saturated rings. The van der Waals surface area contributed by atoms with Gasteiger partial charge in [-0.3, -0.25) is 0 Å². The van der Waals surface area contributed by atoms with Gasteiger partial charge in [0.2, 0.25) is 0 Å². The normalized spacial score (nSPS) is 29.8. The summed E-state index contributed by atoms with van der Waals surface area (Å²) in [6.07, 6.45) is -4.10. The van der Waals surface area contributed by atoms with Crippen LogP contribution in [0, 0.1) is 0 Å². The van der Waals surface area contributed by atoms with Crippen LogP contribution in [-0.4, -0.2) is 59.0 Å². The largest absolute Gasteiger partial charge is 0.412 e. The van der Waals surface area contributed by atoms with Crippen LogP contribution in [0.1, 0.15) is 0 Å². The van der Waals surface area contributed by atoms with E-state index in [0.717, 1.165) is 0 Å². The average molecular weight is 283 g/mol. The topological polar surface area (TPSA) is 108 Å². The zero-order valence-corrected chi connectivity index (χ0v) is 10.7. The van der Waals surface area contributed by atoms with Gasteiger partial charge in [-0.1, -0.05) is 18.2 Å². The smallest absolute Gasteiger partial charge is 0.410 e. The van der Waals surface area contributed by atoms with E-state index in [0.29, 0.717) is 5.75 Å². The average Bonchev–Trinajstić information content (AvgIpc) is 2.45. The lowest BCUT2D eigenvalue weighted by Gasteiger charge is -2.36. The Kier molecular flexibility index (Phi) is 4.91. The molecule has 1 aliphatic heterocycles. The third kappa shape index (κ3) is 3.45. The quantitative estimate of drug-likeness (QED) is 0.582. The Hall–Kier alpha value is -1.67. The summed E-state index contributed by atoms with van der Waals surface area (Å²) < 4.78 is 10.1. The number of amides is 1. The van der Waals surface area contributed by atoms with Crippen molar-refractivity contribution >= 4 is 6.09 Å². The van der Waals surface area contributed by atoms with Gasteiger partial charge in [-0.15, -0.1) is 0 Å². The second kappa shape index (κ2) is 6.67. The number of hydrogen-bond donors (Lipinski definition) is 4. The molecule has 1 saturated heterocycles. The predicted molar refractivity (Wildman–Crippen MR) is 68.2 cm³/mol. The summed E-state index contributed by atoms with van der Waals surface area (Å²) in [5.41, 5.74) is 0. The molecule has 20 heavy (non-hydrogen) atoms. The minimum atomic E-state index is -1.27. The minimum absolute atomic E-state index is 0.0205. The van der Waals surface area contributed by atoms with Crippen molar-refractivity contribution < 1.29 is 29.6 Å². The van der Waals surface area contributed by atoms with Crippen LogP contribution in [0.5, 0.6) is 5.75 Å². The lowest BCUT2D eigenvalue weighted by molar-refractivity contribution is -0.160. The Balaban J connectivity index is 1.88. The molecule has 1 aliphatic rings. The number of carbonyl (C=O) groups is 1. The molecule has 0 radical (unpaired) electrons. The first-order chi connectivity index (χ1) is 9.61. The fourth-order valence-corrected chi connectivity index (χ4v) is 1.95. The Bertz CT molecular complexity index is 440. The molecule has 4 atom stereocenters. The third-order valence-corrected chi connectivity index (χ3v) is 3.07. The van der Waals surface area contributed by atoms with Crippen molar-refractivity contribution in [1.29, 1.82) is 0 Å². The monoisotopic (exact) mass is 283 g/mol. The van der Waals surface area contributed by atoms with Gasteiger partial charge in [0.1, 0.15) is 24.1 Å². The molecule has 3 unspecified atom stereocenters. The fourth-order valence-electron chi connectivity index (χ4n) is 1.95. The van der Waals surface area contributed by atoms with E-state index >= 15 is 0 Å². The van der Waals surface area contributed by atoms with Gasteiger partial charge in [-0.05, 0) is 12.1 Å². The maximum atomic E-state index is 11.7. The number of benzene rings is 1. The van der Waals surface area contributed by atoms with Crippen LogP contribution in [0.3, 0.4) is 0 Å². The first kappa shape index (κ1) is 14.7. The molecular weight excluding hydrogens is 266 g/mol. The lowest BCUT2D eigenvalue weighted by Crippen LogP contribution is -2.60. The Labute approximate surface area is 115 Å². The standard InChI is InChI=1S/C13H17NO6/c15-6-10-12(17)11(16)9(7-19-10)14-13(18)20-8-4-2-1-3-5-8/h1-5,9-12,15-17H,6-7H2,(H,14,18)/t9-,10?,11?,12?/m0/s1. The molecule has 0 spiro atoms. The van der Waals surface area contributed by atoms with Gasteiger partial charge in [0.15, 0.2) is 0 Å². The van der Waals surface area contributed by atoms with Crippen molar-refractivity contribution in [1.82, 2.24) is 5.32 Å². The van der Waals surface area contributed by atoms with Crippen molar-refractivity contribution in [2.24, 2.45) is 0 Å². The van der Waals surface area contributed by atoms with Crippen molar-refractivity contribution in [3.63, 3.8) is 0 Å². The Morgan fingerprint density at radius 3 is 2.65 bits per heavy atom. The number of aliphatic hydroxyl groups excluding tert-OH is 3. The van der Waals surface area contributed by atoms with Gasteiger partial charge in [0, 0.05) is 0 Å². The van der Waals surface area contributed by atoms with E-state index in [-0.39, 0.29) is 6.61 Å². The van der Waals surface area contributed by atoms with Crippen LogP contribution in [0.15, 0.2) is 30.3 Å². The van der Waals surface area contributed by atoms with Crippen LogP contribution in [0.25, 0.3) is 0 Å². The second-order valence-corrected chi connectivity index (χ2v) is 4.49. The number of rotatable bonds is 3. The van der Waals surface area contributed by atoms with Gasteiger partial charge >= 0.3 is 6.09 Å². The van der Waals surface area contributed by atoms with E-state index in [9.17, 15) is 15.0 Å². The van der Waals surface area contributed by atoms with Crippen LogP contribution >= 0.6 is 0 Å². The SMILES string of the molecule is O=C(N[C@H]1COC(CO)C(O)C1O)Oc1ccccc1. The van der Waals surface area contributed by atoms with Crippen LogP contribution in [0.2, 0.25) is 0 Å². The molecule has 4 N–H and O–H groups in total. The summed E-state index contributed by atoms with van der Waals surface area (Å²) in [5, 5.41) is 30.9. The summed E-state index contributed by atoms with van der Waals surface area (Å²) in [7, 11) is 0. The van der Waals surface area contributed by atoms with E-state index in [1.54, 1.807) is 30.3 Å². The highest BCUT2D eigenvalue weighted by atomic mass is 16.6. The summed E-state index contributed by atoms with van der Waals surface area (Å²) in [6.45, 7) is -0.424. The Morgan fingerprint density at radius 2 is 2.00 bits per heavy atom. The number of ether oxygens (including phenoxy) is 2. The summed E-state index contributed by atoms with van der Waals surface area (Å²) in [5.74, 6) is 0.366. The molecule has 1 amide bonds. The van der Waals surface area contributed by atoms with E-state index in [2.05, 4.69) is 5.32 Å². The molecular formula is C13H17NO6. The van der Waals surface area contributed by atoms with Crippen molar-refractivity contribution in [3.05, 3.63) is 30.3 Å². The van der Waals surface area contributed by atoms with Gasteiger partial charge < -0.3 is 30.1 Å². The first-order valence-electron chi connectivity index (χ1n) is 6.24. The number of hydrogen-bond acceptors (Lipinski definition) is 6. The molecule has 0 aromatic heterocycles. The number of para-hydroxylation sites is 1. The maximum Gasteiger partial charge on any atom is 0.412 e. The molecule has 1 aromatic rings. The fraction of sp³-hybridized carbons (Fsp3) is 0.462. The lowest BCUT2D eigenvalue weighted by atomic mass is 9.99. The third-order valence-electron chi connectivity index (χ3n) is 3.07. The van der Waals surface area contributed by atoms with Crippen LogP contribution in [0.4, 0.5) is 4.79 Å². The molecule has 1 heterocycles. The summed E-state index contributed by atoms with van der Waals surface area (Å²) in [4.78, 5) is 11.7. The molecule has 0 aliphatic carbocycles. The molecule has 2 rings (SSSR count). The highest BCUT2D eigenvalue weighted by Gasteiger charge is 2.38. The van der Waals surface area contributed by atoms with Crippen LogP contribution in [-0.2, 0) is 4.74 Å². The second-order valence-electron chi connectivity index (χ2n) is 4.49. The van der Waals surface area contributed by atoms with Gasteiger partial charge in [-0.2, -0.15) is 0 Å². The summed E-state index contributed by atoms with van der Waals surface area (Å²) in [6, 6.07) is 7.65. The minimum Gasteiger partial charge on any atom is -0.410 e. The van der Waals surface area contributed by atoms with E-state index in [4.69, 9.17) is 14.6 Å². The van der Waals surface area contributed by atoms with Crippen molar-refractivity contribution in [3.8, 4) is 5.75 Å².